The SMILES string of the molecule is COCc1cc(C(=O)N2CCC[C@H](C(=O)O)C2)no1. The Morgan fingerprint density at radius 1 is 1.63 bits per heavy atom. The lowest BCUT2D eigenvalue weighted by molar-refractivity contribution is -0.143. The Bertz CT molecular complexity index is 470. The molecule has 1 fully saturated rings. The van der Waals surface area contributed by atoms with Gasteiger partial charge in [-0.25, -0.2) is 0 Å². The molecule has 1 aromatic heterocycles. The number of ether oxygens (including phenoxy) is 1. The summed E-state index contributed by atoms with van der Waals surface area (Å²) < 4.78 is 9.83. The zero-order chi connectivity index (χ0) is 13.8. The Morgan fingerprint density at radius 3 is 3.11 bits per heavy atom. The number of carboxylic acid groups (broad SMARTS) is 1. The van der Waals surface area contributed by atoms with E-state index in [0.717, 1.165) is 0 Å². The lowest BCUT2D eigenvalue weighted by Gasteiger charge is -2.29. The molecule has 2 heterocycles. The van der Waals surface area contributed by atoms with Crippen LogP contribution in [0.3, 0.4) is 0 Å². The molecule has 7 heteroatoms. The fourth-order valence-electron chi connectivity index (χ4n) is 2.15. The average Bonchev–Trinajstić information content (AvgIpc) is 2.87. The van der Waals surface area contributed by atoms with Gasteiger partial charge in [-0.2, -0.15) is 0 Å². The average molecular weight is 268 g/mol. The normalized spacial score (nSPS) is 19.4. The first-order chi connectivity index (χ1) is 9.11. The van der Waals surface area contributed by atoms with Crippen LogP contribution in [0.4, 0.5) is 0 Å². The zero-order valence-electron chi connectivity index (χ0n) is 10.7. The summed E-state index contributed by atoms with van der Waals surface area (Å²) in [5.74, 6) is -1.18. The summed E-state index contributed by atoms with van der Waals surface area (Å²) in [6.07, 6.45) is 1.29. The molecule has 1 N–H and O–H groups in total. The molecular weight excluding hydrogens is 252 g/mol. The van der Waals surface area contributed by atoms with E-state index in [4.69, 9.17) is 14.4 Å². The van der Waals surface area contributed by atoms with Crippen molar-refractivity contribution in [2.24, 2.45) is 5.92 Å². The number of aromatic nitrogens is 1. The fraction of sp³-hybridized carbons (Fsp3) is 0.583. The van der Waals surface area contributed by atoms with E-state index in [0.29, 0.717) is 25.1 Å². The third-order valence-electron chi connectivity index (χ3n) is 3.12. The number of carbonyl (C=O) groups is 2. The Morgan fingerprint density at radius 2 is 2.42 bits per heavy atom. The summed E-state index contributed by atoms with van der Waals surface area (Å²) in [6, 6.07) is 1.52. The molecule has 0 spiro atoms. The van der Waals surface area contributed by atoms with Gasteiger partial charge in [0.1, 0.15) is 6.61 Å². The summed E-state index contributed by atoms with van der Waals surface area (Å²) in [5, 5.41) is 12.7. The number of aliphatic carboxylic acids is 1. The molecule has 0 saturated carbocycles. The van der Waals surface area contributed by atoms with E-state index in [-0.39, 0.29) is 24.8 Å². The standard InChI is InChI=1S/C12H16N2O5/c1-18-7-9-5-10(13-19-9)11(15)14-4-2-3-8(6-14)12(16)17/h5,8H,2-4,6-7H2,1H3,(H,16,17)/t8-/m0/s1. The third-order valence-corrected chi connectivity index (χ3v) is 3.12. The van der Waals surface area contributed by atoms with Crippen molar-refractivity contribution in [2.45, 2.75) is 19.4 Å². The van der Waals surface area contributed by atoms with Gasteiger partial charge >= 0.3 is 5.97 Å². The quantitative estimate of drug-likeness (QED) is 0.866. The second-order valence-corrected chi connectivity index (χ2v) is 4.54. The van der Waals surface area contributed by atoms with Crippen molar-refractivity contribution in [3.8, 4) is 0 Å². The predicted octanol–water partition coefficient (Wildman–Crippen LogP) is 0.758. The van der Waals surface area contributed by atoms with Crippen LogP contribution < -0.4 is 0 Å². The molecule has 1 aliphatic rings. The summed E-state index contributed by atoms with van der Waals surface area (Å²) >= 11 is 0. The highest BCUT2D eigenvalue weighted by atomic mass is 16.5. The van der Waals surface area contributed by atoms with Crippen LogP contribution in [-0.2, 0) is 16.1 Å². The van der Waals surface area contributed by atoms with E-state index in [1.165, 1.54) is 18.1 Å². The highest BCUT2D eigenvalue weighted by Crippen LogP contribution is 2.19. The number of hydrogen-bond acceptors (Lipinski definition) is 5. The van der Waals surface area contributed by atoms with E-state index >= 15 is 0 Å². The third kappa shape index (κ3) is 3.11. The number of carboxylic acids is 1. The lowest BCUT2D eigenvalue weighted by atomic mass is 9.98. The number of carbonyl (C=O) groups excluding carboxylic acids is 1. The molecule has 19 heavy (non-hydrogen) atoms. The van der Waals surface area contributed by atoms with Gasteiger partial charge in [-0.15, -0.1) is 0 Å². The number of piperidine rings is 1. The van der Waals surface area contributed by atoms with Crippen LogP contribution in [-0.4, -0.2) is 47.2 Å². The molecule has 1 saturated heterocycles. The molecule has 1 aromatic rings. The molecule has 1 aliphatic heterocycles. The van der Waals surface area contributed by atoms with Crippen LogP contribution in [0.25, 0.3) is 0 Å². The first-order valence-electron chi connectivity index (χ1n) is 6.08. The highest BCUT2D eigenvalue weighted by Gasteiger charge is 2.29. The molecule has 1 atom stereocenters. The maximum atomic E-state index is 12.2. The van der Waals surface area contributed by atoms with Crippen LogP contribution in [0, 0.1) is 5.92 Å². The Labute approximate surface area is 110 Å². The molecule has 0 aliphatic carbocycles. The highest BCUT2D eigenvalue weighted by molar-refractivity contribution is 5.92. The summed E-state index contributed by atoms with van der Waals surface area (Å²) in [4.78, 5) is 24.6. The van der Waals surface area contributed by atoms with E-state index in [1.807, 2.05) is 0 Å². The molecule has 0 unspecified atom stereocenters. The Hall–Kier alpha value is -1.89. The van der Waals surface area contributed by atoms with Crippen LogP contribution in [0.15, 0.2) is 10.6 Å². The van der Waals surface area contributed by atoms with Gasteiger partial charge in [0, 0.05) is 26.3 Å². The van der Waals surface area contributed by atoms with Gasteiger partial charge in [-0.1, -0.05) is 5.16 Å². The molecule has 104 valence electrons. The Kier molecular flexibility index (Phi) is 4.16. The minimum atomic E-state index is -0.863. The molecule has 0 radical (unpaired) electrons. The summed E-state index contributed by atoms with van der Waals surface area (Å²) in [5.41, 5.74) is 0.193. The minimum Gasteiger partial charge on any atom is -0.481 e. The van der Waals surface area contributed by atoms with E-state index in [1.54, 1.807) is 0 Å². The fourth-order valence-corrected chi connectivity index (χ4v) is 2.15. The van der Waals surface area contributed by atoms with Gasteiger partial charge < -0.3 is 19.3 Å². The number of amides is 1. The van der Waals surface area contributed by atoms with Crippen molar-refractivity contribution in [1.82, 2.24) is 10.1 Å². The van der Waals surface area contributed by atoms with Crippen molar-refractivity contribution < 1.29 is 24.0 Å². The van der Waals surface area contributed by atoms with Gasteiger partial charge in [0.2, 0.25) is 0 Å². The molecule has 7 nitrogen and oxygen atoms in total. The maximum Gasteiger partial charge on any atom is 0.308 e. The van der Waals surface area contributed by atoms with E-state index in [2.05, 4.69) is 5.16 Å². The molecule has 2 rings (SSSR count). The molecule has 0 bridgehead atoms. The predicted molar refractivity (Wildman–Crippen MR) is 63.5 cm³/mol. The van der Waals surface area contributed by atoms with Gasteiger partial charge in [-0.3, -0.25) is 9.59 Å². The molecule has 0 aromatic carbocycles. The molecule has 1 amide bonds. The van der Waals surface area contributed by atoms with Crippen molar-refractivity contribution in [3.05, 3.63) is 17.5 Å². The monoisotopic (exact) mass is 268 g/mol. The Balaban J connectivity index is 2.03. The minimum absolute atomic E-state index is 0.193. The van der Waals surface area contributed by atoms with E-state index in [9.17, 15) is 9.59 Å². The van der Waals surface area contributed by atoms with E-state index < -0.39 is 11.9 Å². The van der Waals surface area contributed by atoms with Crippen LogP contribution in [0.2, 0.25) is 0 Å². The van der Waals surface area contributed by atoms with Crippen molar-refractivity contribution in [2.75, 3.05) is 20.2 Å². The molecular formula is C12H16N2O5. The second kappa shape index (κ2) is 5.83. The smallest absolute Gasteiger partial charge is 0.308 e. The summed E-state index contributed by atoms with van der Waals surface area (Å²) in [6.45, 7) is 1.02. The largest absolute Gasteiger partial charge is 0.481 e. The lowest BCUT2D eigenvalue weighted by Crippen LogP contribution is -2.42. The first kappa shape index (κ1) is 13.5. The number of nitrogens with zero attached hydrogens (tertiary/aromatic N) is 2. The topological polar surface area (TPSA) is 92.9 Å². The maximum absolute atomic E-state index is 12.2. The summed E-state index contributed by atoms with van der Waals surface area (Å²) in [7, 11) is 1.52. The van der Waals surface area contributed by atoms with Crippen molar-refractivity contribution >= 4 is 11.9 Å². The zero-order valence-corrected chi connectivity index (χ0v) is 10.7. The van der Waals surface area contributed by atoms with Gasteiger partial charge in [0.25, 0.3) is 5.91 Å². The van der Waals surface area contributed by atoms with Crippen LogP contribution >= 0.6 is 0 Å². The van der Waals surface area contributed by atoms with Gasteiger partial charge in [0.05, 0.1) is 5.92 Å². The van der Waals surface area contributed by atoms with Crippen LogP contribution in [0.1, 0.15) is 29.1 Å². The number of likely N-dealkylation sites (tertiary alicyclic amines) is 1. The number of hydrogen-bond donors (Lipinski definition) is 1. The van der Waals surface area contributed by atoms with Crippen LogP contribution in [0.5, 0.6) is 0 Å². The second-order valence-electron chi connectivity index (χ2n) is 4.54. The van der Waals surface area contributed by atoms with Gasteiger partial charge in [0.15, 0.2) is 11.5 Å². The van der Waals surface area contributed by atoms with Crippen molar-refractivity contribution in [1.29, 1.82) is 0 Å². The number of methoxy groups -OCH3 is 1. The van der Waals surface area contributed by atoms with Crippen molar-refractivity contribution in [3.63, 3.8) is 0 Å². The van der Waals surface area contributed by atoms with Gasteiger partial charge in [-0.05, 0) is 12.8 Å². The first-order valence-corrected chi connectivity index (χ1v) is 6.08. The number of rotatable bonds is 4.